The molecule has 6 heteroatoms. The van der Waals surface area contributed by atoms with Crippen molar-refractivity contribution in [1.82, 2.24) is 15.1 Å². The standard InChI is InChI=1S/C13H23N3O2.ClH/c1-10(17)15-7-4-6-12(15)13(18)16-8-3-5-11(16)9-14-2;/h11-12,14H,3-9H2,1-2H3;1H. The number of amides is 2. The third kappa shape index (κ3) is 3.39. The molecule has 0 aromatic carbocycles. The van der Waals surface area contributed by atoms with Gasteiger partial charge in [0.05, 0.1) is 0 Å². The SMILES string of the molecule is CNCC1CCCN1C(=O)C1CCCN1C(C)=O.Cl. The van der Waals surface area contributed by atoms with Crippen molar-refractivity contribution in [2.75, 3.05) is 26.7 Å². The largest absolute Gasteiger partial charge is 0.337 e. The predicted octanol–water partition coefficient (Wildman–Crippen LogP) is 0.630. The van der Waals surface area contributed by atoms with Gasteiger partial charge in [-0.25, -0.2) is 0 Å². The topological polar surface area (TPSA) is 52.7 Å². The summed E-state index contributed by atoms with van der Waals surface area (Å²) in [6.45, 7) is 3.98. The summed E-state index contributed by atoms with van der Waals surface area (Å²) in [7, 11) is 1.92. The molecule has 5 nitrogen and oxygen atoms in total. The maximum atomic E-state index is 12.6. The van der Waals surface area contributed by atoms with E-state index in [2.05, 4.69) is 5.32 Å². The number of nitrogens with one attached hydrogen (secondary N) is 1. The van der Waals surface area contributed by atoms with Crippen molar-refractivity contribution in [3.63, 3.8) is 0 Å². The zero-order chi connectivity index (χ0) is 13.1. The predicted molar refractivity (Wildman–Crippen MR) is 76.3 cm³/mol. The highest BCUT2D eigenvalue weighted by molar-refractivity contribution is 5.87. The lowest BCUT2D eigenvalue weighted by atomic mass is 10.1. The van der Waals surface area contributed by atoms with Gasteiger partial charge in [-0.15, -0.1) is 12.4 Å². The normalized spacial score (nSPS) is 26.4. The zero-order valence-electron chi connectivity index (χ0n) is 11.7. The summed E-state index contributed by atoms with van der Waals surface area (Å²) < 4.78 is 0. The van der Waals surface area contributed by atoms with Gasteiger partial charge in [-0.05, 0) is 32.7 Å². The van der Waals surface area contributed by atoms with E-state index in [0.717, 1.165) is 45.3 Å². The monoisotopic (exact) mass is 289 g/mol. The average molecular weight is 290 g/mol. The molecule has 2 atom stereocenters. The number of nitrogens with zero attached hydrogens (tertiary/aromatic N) is 2. The summed E-state index contributed by atoms with van der Waals surface area (Å²) in [4.78, 5) is 27.8. The molecule has 0 radical (unpaired) electrons. The molecule has 0 aliphatic carbocycles. The molecule has 0 bridgehead atoms. The number of likely N-dealkylation sites (N-methyl/N-ethyl adjacent to an activating group) is 1. The minimum Gasteiger partial charge on any atom is -0.337 e. The van der Waals surface area contributed by atoms with E-state index in [1.54, 1.807) is 11.8 Å². The van der Waals surface area contributed by atoms with Crippen LogP contribution in [0.4, 0.5) is 0 Å². The molecule has 19 heavy (non-hydrogen) atoms. The van der Waals surface area contributed by atoms with Gasteiger partial charge >= 0.3 is 0 Å². The Hall–Kier alpha value is -0.810. The molecule has 0 aromatic heterocycles. The van der Waals surface area contributed by atoms with Crippen LogP contribution in [0.25, 0.3) is 0 Å². The van der Waals surface area contributed by atoms with Gasteiger partial charge in [0, 0.05) is 32.6 Å². The molecular formula is C13H24ClN3O2. The van der Waals surface area contributed by atoms with Crippen molar-refractivity contribution in [3.05, 3.63) is 0 Å². The van der Waals surface area contributed by atoms with Crippen molar-refractivity contribution in [2.24, 2.45) is 0 Å². The number of hydrogen-bond donors (Lipinski definition) is 1. The summed E-state index contributed by atoms with van der Waals surface area (Å²) in [5, 5.41) is 3.14. The van der Waals surface area contributed by atoms with Crippen LogP contribution in [-0.4, -0.2) is 60.4 Å². The molecule has 1 N–H and O–H groups in total. The number of carbonyl (C=O) groups excluding carboxylic acids is 2. The van der Waals surface area contributed by atoms with Gasteiger partial charge in [-0.2, -0.15) is 0 Å². The van der Waals surface area contributed by atoms with Crippen molar-refractivity contribution in [1.29, 1.82) is 0 Å². The maximum absolute atomic E-state index is 12.6. The Morgan fingerprint density at radius 2 is 1.79 bits per heavy atom. The van der Waals surface area contributed by atoms with Crippen LogP contribution in [0.1, 0.15) is 32.6 Å². The lowest BCUT2D eigenvalue weighted by molar-refractivity contribution is -0.143. The zero-order valence-corrected chi connectivity index (χ0v) is 12.5. The van der Waals surface area contributed by atoms with Crippen LogP contribution in [0.3, 0.4) is 0 Å². The van der Waals surface area contributed by atoms with Crippen molar-refractivity contribution in [3.8, 4) is 0 Å². The van der Waals surface area contributed by atoms with E-state index in [-0.39, 0.29) is 30.3 Å². The molecule has 110 valence electrons. The minimum atomic E-state index is -0.208. The molecule has 2 rings (SSSR count). The smallest absolute Gasteiger partial charge is 0.245 e. The van der Waals surface area contributed by atoms with Crippen molar-refractivity contribution < 1.29 is 9.59 Å². The van der Waals surface area contributed by atoms with Gasteiger partial charge in [-0.3, -0.25) is 9.59 Å². The molecule has 2 fully saturated rings. The Morgan fingerprint density at radius 1 is 1.16 bits per heavy atom. The summed E-state index contributed by atoms with van der Waals surface area (Å²) in [5.74, 6) is 0.177. The first-order chi connectivity index (χ1) is 8.65. The fraction of sp³-hybridized carbons (Fsp3) is 0.846. The lowest BCUT2D eigenvalue weighted by Gasteiger charge is -2.31. The van der Waals surface area contributed by atoms with Gasteiger partial charge in [0.2, 0.25) is 11.8 Å². The summed E-state index contributed by atoms with van der Waals surface area (Å²) >= 11 is 0. The number of carbonyl (C=O) groups is 2. The van der Waals surface area contributed by atoms with Crippen molar-refractivity contribution in [2.45, 2.75) is 44.7 Å². The first-order valence-corrected chi connectivity index (χ1v) is 6.87. The molecule has 2 heterocycles. The van der Waals surface area contributed by atoms with Crippen molar-refractivity contribution >= 4 is 24.2 Å². The van der Waals surface area contributed by atoms with Crippen LogP contribution in [0.15, 0.2) is 0 Å². The van der Waals surface area contributed by atoms with Crippen LogP contribution in [0.2, 0.25) is 0 Å². The minimum absolute atomic E-state index is 0. The Kier molecular flexibility index (Phi) is 6.07. The number of halogens is 1. The highest BCUT2D eigenvalue weighted by Crippen LogP contribution is 2.24. The third-order valence-electron chi connectivity index (χ3n) is 4.04. The first kappa shape index (κ1) is 16.2. The molecule has 2 aliphatic heterocycles. The van der Waals surface area contributed by atoms with E-state index in [1.807, 2.05) is 11.9 Å². The molecular weight excluding hydrogens is 266 g/mol. The fourth-order valence-electron chi connectivity index (χ4n) is 3.17. The quantitative estimate of drug-likeness (QED) is 0.829. The second-order valence-corrected chi connectivity index (χ2v) is 5.26. The van der Waals surface area contributed by atoms with Crippen LogP contribution < -0.4 is 5.32 Å². The molecule has 2 amide bonds. The first-order valence-electron chi connectivity index (χ1n) is 6.87. The van der Waals surface area contributed by atoms with E-state index >= 15 is 0 Å². The van der Waals surface area contributed by atoms with E-state index in [0.29, 0.717) is 6.04 Å². The lowest BCUT2D eigenvalue weighted by Crippen LogP contribution is -2.50. The molecule has 0 aromatic rings. The van der Waals surface area contributed by atoms with Crippen LogP contribution in [0, 0.1) is 0 Å². The highest BCUT2D eigenvalue weighted by Gasteiger charge is 2.38. The van der Waals surface area contributed by atoms with Gasteiger partial charge in [-0.1, -0.05) is 0 Å². The van der Waals surface area contributed by atoms with Gasteiger partial charge < -0.3 is 15.1 Å². The van der Waals surface area contributed by atoms with Crippen LogP contribution in [-0.2, 0) is 9.59 Å². The molecule has 0 spiro atoms. The van der Waals surface area contributed by atoms with E-state index < -0.39 is 0 Å². The van der Waals surface area contributed by atoms with Gasteiger partial charge in [0.15, 0.2) is 0 Å². The van der Waals surface area contributed by atoms with Gasteiger partial charge in [0.1, 0.15) is 6.04 Å². The Bertz CT molecular complexity index is 338. The second kappa shape index (κ2) is 7.10. The fourth-order valence-corrected chi connectivity index (χ4v) is 3.17. The Morgan fingerprint density at radius 3 is 2.42 bits per heavy atom. The molecule has 2 saturated heterocycles. The second-order valence-electron chi connectivity index (χ2n) is 5.26. The highest BCUT2D eigenvalue weighted by atomic mass is 35.5. The molecule has 2 aliphatic rings. The van der Waals surface area contributed by atoms with E-state index in [1.165, 1.54) is 0 Å². The third-order valence-corrected chi connectivity index (χ3v) is 4.04. The Balaban J connectivity index is 0.00000180. The average Bonchev–Trinajstić information content (AvgIpc) is 2.96. The summed E-state index contributed by atoms with van der Waals surface area (Å²) in [5.41, 5.74) is 0. The summed E-state index contributed by atoms with van der Waals surface area (Å²) in [6, 6.07) is 0.0943. The molecule has 2 unspecified atom stereocenters. The van der Waals surface area contributed by atoms with Crippen LogP contribution in [0.5, 0.6) is 0 Å². The van der Waals surface area contributed by atoms with Gasteiger partial charge in [0.25, 0.3) is 0 Å². The Labute approximate surface area is 121 Å². The van der Waals surface area contributed by atoms with E-state index in [9.17, 15) is 9.59 Å². The number of hydrogen-bond acceptors (Lipinski definition) is 3. The van der Waals surface area contributed by atoms with E-state index in [4.69, 9.17) is 0 Å². The molecule has 0 saturated carbocycles. The van der Waals surface area contributed by atoms with Crippen LogP contribution >= 0.6 is 12.4 Å². The summed E-state index contributed by atoms with van der Waals surface area (Å²) in [6.07, 6.45) is 3.91. The number of likely N-dealkylation sites (tertiary alicyclic amines) is 2. The number of rotatable bonds is 3. The maximum Gasteiger partial charge on any atom is 0.245 e.